The van der Waals surface area contributed by atoms with Gasteiger partial charge in [0.1, 0.15) is 0 Å². The second-order valence-electron chi connectivity index (χ2n) is 3.49. The van der Waals surface area contributed by atoms with Gasteiger partial charge in [0.2, 0.25) is 0 Å². The molecule has 2 rings (SSSR count). The molecule has 84 valence electrons. The zero-order valence-corrected chi connectivity index (χ0v) is 10.3. The van der Waals surface area contributed by atoms with Gasteiger partial charge in [-0.1, -0.05) is 12.1 Å². The van der Waals surface area contributed by atoms with Crippen molar-refractivity contribution in [1.82, 2.24) is 15.1 Å². The fraction of sp³-hybridized carbons (Fsp3) is 0.300. The van der Waals surface area contributed by atoms with Crippen LogP contribution in [0.3, 0.4) is 0 Å². The number of nitrogens with two attached hydrogens (primary N) is 1. The zero-order chi connectivity index (χ0) is 11.5. The molecule has 0 amide bonds. The van der Waals surface area contributed by atoms with Gasteiger partial charge in [0.05, 0.1) is 5.56 Å². The molecule has 0 aromatic carbocycles. The second-order valence-corrected chi connectivity index (χ2v) is 4.40. The smallest absolute Gasteiger partial charge is 0.259 e. The van der Waals surface area contributed by atoms with Gasteiger partial charge in [-0.15, -0.1) is 0 Å². The van der Waals surface area contributed by atoms with Crippen molar-refractivity contribution in [2.24, 2.45) is 5.73 Å². The molecular formula is C10H11BrN4O. The van der Waals surface area contributed by atoms with E-state index in [1.807, 2.05) is 13.0 Å². The van der Waals surface area contributed by atoms with Gasteiger partial charge < -0.3 is 10.3 Å². The molecule has 0 bridgehead atoms. The lowest BCUT2D eigenvalue weighted by Crippen LogP contribution is -2.10. The molecule has 0 spiro atoms. The summed E-state index contributed by atoms with van der Waals surface area (Å²) in [6, 6.07) is 1.87. The van der Waals surface area contributed by atoms with Gasteiger partial charge in [0.15, 0.2) is 5.82 Å². The van der Waals surface area contributed by atoms with Crippen molar-refractivity contribution in [3.05, 3.63) is 28.8 Å². The van der Waals surface area contributed by atoms with Crippen molar-refractivity contribution in [3.8, 4) is 11.5 Å². The van der Waals surface area contributed by atoms with Gasteiger partial charge in [0.25, 0.3) is 5.89 Å². The SMILES string of the molecule is CC(CN)c1noc(-c2cncc(Br)c2)n1. The molecule has 6 heteroatoms. The van der Waals surface area contributed by atoms with Crippen LogP contribution in [0.5, 0.6) is 0 Å². The first kappa shape index (κ1) is 11.2. The van der Waals surface area contributed by atoms with Gasteiger partial charge in [0, 0.05) is 29.3 Å². The summed E-state index contributed by atoms with van der Waals surface area (Å²) >= 11 is 3.34. The molecule has 2 heterocycles. The van der Waals surface area contributed by atoms with Crippen molar-refractivity contribution in [2.45, 2.75) is 12.8 Å². The van der Waals surface area contributed by atoms with Gasteiger partial charge in [-0.05, 0) is 22.0 Å². The van der Waals surface area contributed by atoms with Crippen molar-refractivity contribution in [2.75, 3.05) is 6.54 Å². The molecule has 1 atom stereocenters. The van der Waals surface area contributed by atoms with Crippen LogP contribution < -0.4 is 5.73 Å². The van der Waals surface area contributed by atoms with Gasteiger partial charge in [-0.25, -0.2) is 0 Å². The Morgan fingerprint density at radius 3 is 3.00 bits per heavy atom. The lowest BCUT2D eigenvalue weighted by atomic mass is 10.2. The molecule has 2 aromatic heterocycles. The Hall–Kier alpha value is -1.27. The largest absolute Gasteiger partial charge is 0.334 e. The van der Waals surface area contributed by atoms with E-state index < -0.39 is 0 Å². The molecule has 16 heavy (non-hydrogen) atoms. The van der Waals surface area contributed by atoms with E-state index in [-0.39, 0.29) is 5.92 Å². The summed E-state index contributed by atoms with van der Waals surface area (Å²) in [6.07, 6.45) is 3.37. The molecule has 0 saturated heterocycles. The molecule has 0 radical (unpaired) electrons. The van der Waals surface area contributed by atoms with E-state index in [0.29, 0.717) is 18.3 Å². The monoisotopic (exact) mass is 282 g/mol. The fourth-order valence-corrected chi connectivity index (χ4v) is 1.55. The van der Waals surface area contributed by atoms with Crippen LogP contribution in [0, 0.1) is 0 Å². The third-order valence-corrected chi connectivity index (χ3v) is 2.62. The van der Waals surface area contributed by atoms with Crippen LogP contribution in [0.25, 0.3) is 11.5 Å². The topological polar surface area (TPSA) is 77.8 Å². The Balaban J connectivity index is 2.31. The van der Waals surface area contributed by atoms with Crippen molar-refractivity contribution in [1.29, 1.82) is 0 Å². The predicted molar refractivity (Wildman–Crippen MR) is 62.7 cm³/mol. The first-order valence-corrected chi connectivity index (χ1v) is 5.64. The van der Waals surface area contributed by atoms with Crippen LogP contribution >= 0.6 is 15.9 Å². The first-order chi connectivity index (χ1) is 7.70. The van der Waals surface area contributed by atoms with E-state index >= 15 is 0 Å². The van der Waals surface area contributed by atoms with E-state index in [1.54, 1.807) is 12.4 Å². The first-order valence-electron chi connectivity index (χ1n) is 4.85. The second kappa shape index (κ2) is 4.71. The van der Waals surface area contributed by atoms with Crippen LogP contribution in [-0.4, -0.2) is 21.7 Å². The fourth-order valence-electron chi connectivity index (χ4n) is 1.19. The number of aromatic nitrogens is 3. The van der Waals surface area contributed by atoms with Gasteiger partial charge in [-0.2, -0.15) is 4.98 Å². The lowest BCUT2D eigenvalue weighted by molar-refractivity contribution is 0.418. The van der Waals surface area contributed by atoms with E-state index in [4.69, 9.17) is 10.3 Å². The Morgan fingerprint density at radius 2 is 2.31 bits per heavy atom. The van der Waals surface area contributed by atoms with Crippen molar-refractivity contribution in [3.63, 3.8) is 0 Å². The standard InChI is InChI=1S/C10H11BrN4O/c1-6(3-12)9-14-10(16-15-9)7-2-8(11)5-13-4-7/h2,4-6H,3,12H2,1H3. The van der Waals surface area contributed by atoms with Crippen molar-refractivity contribution >= 4 is 15.9 Å². The summed E-state index contributed by atoms with van der Waals surface area (Å²) < 4.78 is 6.02. The number of hydrogen-bond acceptors (Lipinski definition) is 5. The average molecular weight is 283 g/mol. The summed E-state index contributed by atoms with van der Waals surface area (Å²) in [4.78, 5) is 8.31. The van der Waals surface area contributed by atoms with E-state index in [9.17, 15) is 0 Å². The van der Waals surface area contributed by atoms with Crippen LogP contribution in [-0.2, 0) is 0 Å². The molecule has 5 nitrogen and oxygen atoms in total. The Labute approximate surface area is 101 Å². The van der Waals surface area contributed by atoms with Crippen LogP contribution in [0.1, 0.15) is 18.7 Å². The van der Waals surface area contributed by atoms with Crippen LogP contribution in [0.15, 0.2) is 27.5 Å². The molecule has 2 aromatic rings. The van der Waals surface area contributed by atoms with Crippen LogP contribution in [0.4, 0.5) is 0 Å². The summed E-state index contributed by atoms with van der Waals surface area (Å²) in [5.74, 6) is 1.18. The van der Waals surface area contributed by atoms with Gasteiger partial charge >= 0.3 is 0 Å². The van der Waals surface area contributed by atoms with E-state index in [2.05, 4.69) is 31.1 Å². The number of hydrogen-bond donors (Lipinski definition) is 1. The summed E-state index contributed by atoms with van der Waals surface area (Å²) in [5.41, 5.74) is 6.32. The highest BCUT2D eigenvalue weighted by Gasteiger charge is 2.13. The van der Waals surface area contributed by atoms with E-state index in [1.165, 1.54) is 0 Å². The molecule has 0 saturated carbocycles. The quantitative estimate of drug-likeness (QED) is 0.931. The van der Waals surface area contributed by atoms with Crippen molar-refractivity contribution < 1.29 is 4.52 Å². The molecule has 0 aliphatic carbocycles. The molecular weight excluding hydrogens is 272 g/mol. The highest BCUT2D eigenvalue weighted by molar-refractivity contribution is 9.10. The molecule has 1 unspecified atom stereocenters. The molecule has 0 fully saturated rings. The average Bonchev–Trinajstić information content (AvgIpc) is 2.77. The Morgan fingerprint density at radius 1 is 1.50 bits per heavy atom. The molecule has 0 aliphatic heterocycles. The number of nitrogens with zero attached hydrogens (tertiary/aromatic N) is 3. The number of pyridine rings is 1. The number of rotatable bonds is 3. The minimum Gasteiger partial charge on any atom is -0.334 e. The third-order valence-electron chi connectivity index (χ3n) is 2.19. The third kappa shape index (κ3) is 2.28. The maximum Gasteiger partial charge on any atom is 0.259 e. The normalized spacial score (nSPS) is 12.7. The summed E-state index contributed by atoms with van der Waals surface area (Å²) in [5, 5.41) is 3.88. The van der Waals surface area contributed by atoms with E-state index in [0.717, 1.165) is 10.0 Å². The van der Waals surface area contributed by atoms with Crippen LogP contribution in [0.2, 0.25) is 0 Å². The Kier molecular flexibility index (Phi) is 3.31. The zero-order valence-electron chi connectivity index (χ0n) is 8.72. The lowest BCUT2D eigenvalue weighted by Gasteiger charge is -1.98. The summed E-state index contributed by atoms with van der Waals surface area (Å²) in [6.45, 7) is 2.45. The predicted octanol–water partition coefficient (Wildman–Crippen LogP) is 1.96. The highest BCUT2D eigenvalue weighted by Crippen LogP contribution is 2.21. The summed E-state index contributed by atoms with van der Waals surface area (Å²) in [7, 11) is 0. The Bertz CT molecular complexity index is 485. The minimum atomic E-state index is 0.0950. The highest BCUT2D eigenvalue weighted by atomic mass is 79.9. The minimum absolute atomic E-state index is 0.0950. The maximum atomic E-state index is 5.53. The molecule has 2 N–H and O–H groups in total. The maximum absolute atomic E-state index is 5.53. The van der Waals surface area contributed by atoms with Gasteiger partial charge in [-0.3, -0.25) is 4.98 Å². The molecule has 0 aliphatic rings. The number of halogens is 1.